The molecule has 0 aliphatic rings. The van der Waals surface area contributed by atoms with Gasteiger partial charge in [-0.25, -0.2) is 0 Å². The molecule has 3 rings (SSSR count). The van der Waals surface area contributed by atoms with Gasteiger partial charge in [-0.15, -0.1) is 0 Å². The van der Waals surface area contributed by atoms with Crippen LogP contribution in [0.2, 0.25) is 0 Å². The molecule has 1 heterocycles. The van der Waals surface area contributed by atoms with E-state index in [4.69, 9.17) is 9.26 Å². The topological polar surface area (TPSA) is 91.3 Å². The predicted octanol–water partition coefficient (Wildman–Crippen LogP) is 2.54. The van der Waals surface area contributed by atoms with Crippen molar-refractivity contribution in [3.63, 3.8) is 0 Å². The van der Waals surface area contributed by atoms with Gasteiger partial charge in [0.1, 0.15) is 5.75 Å². The van der Waals surface area contributed by atoms with Gasteiger partial charge in [-0.3, -0.25) is 4.79 Å². The summed E-state index contributed by atoms with van der Waals surface area (Å²) in [5.41, 5.74) is 1.35. The van der Waals surface area contributed by atoms with Crippen molar-refractivity contribution in [2.24, 2.45) is 0 Å². The van der Waals surface area contributed by atoms with Crippen LogP contribution in [0.5, 0.6) is 11.7 Å². The molecule has 140 valence electrons. The molecule has 1 unspecified atom stereocenters. The largest absolute Gasteiger partial charge is 0.538 e. The Morgan fingerprint density at radius 2 is 1.96 bits per heavy atom. The van der Waals surface area contributed by atoms with Crippen molar-refractivity contribution in [3.8, 4) is 17.4 Å². The van der Waals surface area contributed by atoms with Crippen LogP contribution >= 0.6 is 11.8 Å². The summed E-state index contributed by atoms with van der Waals surface area (Å²) in [4.78, 5) is 12.6. The summed E-state index contributed by atoms with van der Waals surface area (Å²) in [6.45, 7) is 1.89. The maximum atomic E-state index is 12.6. The van der Waals surface area contributed by atoms with Gasteiger partial charge in [0.25, 0.3) is 5.03 Å². The number of carbonyl (C=O) groups excluding carboxylic acids is 1. The third-order valence-electron chi connectivity index (χ3n) is 3.85. The Morgan fingerprint density at radius 1 is 1.26 bits per heavy atom. The Labute approximate surface area is 160 Å². The second-order valence-corrected chi connectivity index (χ2v) is 6.84. The molecule has 0 aliphatic carbocycles. The van der Waals surface area contributed by atoms with E-state index < -0.39 is 11.2 Å². The minimum atomic E-state index is -0.582. The van der Waals surface area contributed by atoms with E-state index >= 15 is 0 Å². The number of hydrogen-bond donors (Lipinski definition) is 1. The Hall–Kier alpha value is -3.00. The summed E-state index contributed by atoms with van der Waals surface area (Å²) in [6, 6.07) is 16.2. The van der Waals surface area contributed by atoms with Crippen molar-refractivity contribution in [2.45, 2.75) is 23.6 Å². The molecule has 2 aromatic carbocycles. The zero-order valence-corrected chi connectivity index (χ0v) is 15.7. The number of anilines is 1. The summed E-state index contributed by atoms with van der Waals surface area (Å²) in [5, 5.41) is 18.6. The van der Waals surface area contributed by atoms with Gasteiger partial charge in [0, 0.05) is 17.8 Å². The van der Waals surface area contributed by atoms with Crippen LogP contribution in [0.4, 0.5) is 5.69 Å². The predicted molar refractivity (Wildman–Crippen MR) is 99.0 cm³/mol. The number of para-hydroxylation sites is 1. The lowest BCUT2D eigenvalue weighted by Gasteiger charge is -2.13. The smallest absolute Gasteiger partial charge is 0.298 e. The maximum Gasteiger partial charge on any atom is 0.298 e. The lowest BCUT2D eigenvalue weighted by atomic mass is 10.3. The maximum absolute atomic E-state index is 12.6. The van der Waals surface area contributed by atoms with Crippen LogP contribution in [-0.2, 0) is 4.79 Å². The Morgan fingerprint density at radius 3 is 2.59 bits per heavy atom. The molecule has 1 aromatic heterocycles. The number of nitrogens with one attached hydrogen (secondary N) is 1. The van der Waals surface area contributed by atoms with E-state index in [-0.39, 0.29) is 10.9 Å². The molecule has 0 saturated carbocycles. The van der Waals surface area contributed by atoms with Crippen LogP contribution < -0.4 is 19.8 Å². The fourth-order valence-electron chi connectivity index (χ4n) is 2.43. The average molecular weight is 385 g/mol. The van der Waals surface area contributed by atoms with Crippen molar-refractivity contribution >= 4 is 23.4 Å². The molecule has 1 N–H and O–H groups in total. The first-order valence-electron chi connectivity index (χ1n) is 8.38. The molecular weight excluding hydrogens is 366 g/mol. The lowest BCUT2D eigenvalue weighted by Crippen LogP contribution is -2.36. The normalized spacial score (nSPS) is 11.8. The molecule has 0 radical (unpaired) electrons. The fourth-order valence-corrected chi connectivity index (χ4v) is 3.40. The molecule has 1 amide bonds. The van der Waals surface area contributed by atoms with E-state index in [1.165, 1.54) is 4.68 Å². The zero-order chi connectivity index (χ0) is 19.2. The van der Waals surface area contributed by atoms with Crippen LogP contribution in [0.15, 0.2) is 64.1 Å². The summed E-state index contributed by atoms with van der Waals surface area (Å²) >= 11 is 1.13. The van der Waals surface area contributed by atoms with Crippen molar-refractivity contribution in [1.82, 2.24) is 5.27 Å². The van der Waals surface area contributed by atoms with Crippen LogP contribution in [0.3, 0.4) is 0 Å². The number of rotatable bonds is 7. The fraction of sp³-hybridized carbons (Fsp3) is 0.211. The van der Waals surface area contributed by atoms with Crippen molar-refractivity contribution in [2.75, 3.05) is 12.4 Å². The van der Waals surface area contributed by atoms with Gasteiger partial charge < -0.3 is 19.7 Å². The Balaban J connectivity index is 1.80. The molecule has 0 aliphatic heterocycles. The first kappa shape index (κ1) is 18.8. The molecule has 7 nitrogen and oxygen atoms in total. The van der Waals surface area contributed by atoms with Gasteiger partial charge in [-0.1, -0.05) is 25.1 Å². The molecule has 1 atom stereocenters. The number of thioether (sulfide) groups is 1. The van der Waals surface area contributed by atoms with Crippen molar-refractivity contribution in [1.29, 1.82) is 0 Å². The van der Waals surface area contributed by atoms with Gasteiger partial charge in [-0.05, 0) is 47.1 Å². The second kappa shape index (κ2) is 8.59. The second-order valence-electron chi connectivity index (χ2n) is 5.65. The van der Waals surface area contributed by atoms with Crippen LogP contribution in [-0.4, -0.2) is 23.5 Å². The van der Waals surface area contributed by atoms with E-state index in [2.05, 4.69) is 10.6 Å². The van der Waals surface area contributed by atoms with Crippen molar-refractivity contribution < 1.29 is 23.8 Å². The zero-order valence-electron chi connectivity index (χ0n) is 14.9. The van der Waals surface area contributed by atoms with Crippen LogP contribution in [0.1, 0.15) is 13.3 Å². The molecule has 3 aromatic rings. The van der Waals surface area contributed by atoms with Crippen molar-refractivity contribution in [3.05, 3.63) is 54.6 Å². The van der Waals surface area contributed by atoms with Gasteiger partial charge in [0.2, 0.25) is 11.6 Å². The number of hydrogen-bond acceptors (Lipinski definition) is 6. The average Bonchev–Trinajstić information content (AvgIpc) is 3.07. The number of methoxy groups -OCH3 is 1. The molecule has 0 saturated heterocycles. The first-order chi connectivity index (χ1) is 13.1. The van der Waals surface area contributed by atoms with E-state index in [9.17, 15) is 9.90 Å². The highest BCUT2D eigenvalue weighted by molar-refractivity contribution is 8.00. The van der Waals surface area contributed by atoms with E-state index in [1.54, 1.807) is 31.4 Å². The SMILES string of the molecule is CCC(Sc1c([O-])on[n+]1-c1ccc(OC)cc1)C(=O)Nc1ccccc1. The molecular formula is C19H19N3O4S. The van der Waals surface area contributed by atoms with Gasteiger partial charge in [-0.2, -0.15) is 0 Å². The molecule has 0 fully saturated rings. The monoisotopic (exact) mass is 385 g/mol. The number of amides is 1. The number of nitrogens with zero attached hydrogens (tertiary/aromatic N) is 2. The molecule has 0 spiro atoms. The minimum Gasteiger partial charge on any atom is -0.538 e. The number of aromatic nitrogens is 2. The van der Waals surface area contributed by atoms with Crippen LogP contribution in [0, 0.1) is 0 Å². The van der Waals surface area contributed by atoms with E-state index in [1.807, 2.05) is 37.3 Å². The number of ether oxygens (including phenoxy) is 1. The van der Waals surface area contributed by atoms with Gasteiger partial charge in [0.15, 0.2) is 5.95 Å². The molecule has 8 heteroatoms. The number of carbonyl (C=O) groups is 1. The van der Waals surface area contributed by atoms with Gasteiger partial charge in [0.05, 0.1) is 17.6 Å². The van der Waals surface area contributed by atoms with Gasteiger partial charge >= 0.3 is 0 Å². The Bertz CT molecular complexity index is 897. The molecule has 27 heavy (non-hydrogen) atoms. The van der Waals surface area contributed by atoms with Crippen LogP contribution in [0.25, 0.3) is 5.69 Å². The summed E-state index contributed by atoms with van der Waals surface area (Å²) in [5.74, 6) is -0.0783. The highest BCUT2D eigenvalue weighted by atomic mass is 32.2. The molecule has 0 bridgehead atoms. The standard InChI is InChI=1S/C19H19N3O4S/c1-3-16(17(23)20-13-7-5-4-6-8-13)27-18-19(24)26-21-22(18)14-9-11-15(25-2)12-10-14/h4-12,16H,3H2,1-2H3,(H-,20,21,23,24). The minimum absolute atomic E-state index is 0.185. The first-order valence-corrected chi connectivity index (χ1v) is 9.26. The third kappa shape index (κ3) is 4.40. The summed E-state index contributed by atoms with van der Waals surface area (Å²) in [6.07, 6.45) is 0.538. The van der Waals surface area contributed by atoms with E-state index in [0.29, 0.717) is 23.5 Å². The third-order valence-corrected chi connectivity index (χ3v) is 5.24. The van der Waals surface area contributed by atoms with E-state index in [0.717, 1.165) is 11.8 Å². The lowest BCUT2D eigenvalue weighted by molar-refractivity contribution is -0.705. The number of benzene rings is 2. The highest BCUT2D eigenvalue weighted by Gasteiger charge is 2.28. The highest BCUT2D eigenvalue weighted by Crippen LogP contribution is 2.30. The quantitative estimate of drug-likeness (QED) is 0.496. The Kier molecular flexibility index (Phi) is 5.97. The summed E-state index contributed by atoms with van der Waals surface area (Å²) in [7, 11) is 1.58. The summed E-state index contributed by atoms with van der Waals surface area (Å²) < 4.78 is 11.4.